The highest BCUT2D eigenvalue weighted by molar-refractivity contribution is 5.34. The average Bonchev–Trinajstić information content (AvgIpc) is 3.02. The van der Waals surface area contributed by atoms with Crippen molar-refractivity contribution in [3.05, 3.63) is 34.9 Å². The van der Waals surface area contributed by atoms with Gasteiger partial charge in [-0.05, 0) is 50.7 Å². The second-order valence-electron chi connectivity index (χ2n) is 5.57. The van der Waals surface area contributed by atoms with Gasteiger partial charge in [0, 0.05) is 0 Å². The summed E-state index contributed by atoms with van der Waals surface area (Å²) in [5, 5.41) is 10.6. The van der Waals surface area contributed by atoms with Crippen molar-refractivity contribution in [3.63, 3.8) is 0 Å². The molecule has 1 atom stereocenters. The molecule has 0 aromatic heterocycles. The molecule has 1 aliphatic rings. The molecule has 16 heavy (non-hydrogen) atoms. The quantitative estimate of drug-likeness (QED) is 0.817. The van der Waals surface area contributed by atoms with Crippen LogP contribution in [0.1, 0.15) is 49.3 Å². The van der Waals surface area contributed by atoms with E-state index in [1.165, 1.54) is 30.4 Å². The SMILES string of the molecule is Cc1ccc(C)c(C(C)(O)CCC2CC2)c1. The lowest BCUT2D eigenvalue weighted by atomic mass is 9.86. The Morgan fingerprint density at radius 3 is 2.62 bits per heavy atom. The van der Waals surface area contributed by atoms with Gasteiger partial charge in [0.05, 0.1) is 5.60 Å². The highest BCUT2D eigenvalue weighted by Crippen LogP contribution is 2.38. The van der Waals surface area contributed by atoms with Crippen molar-refractivity contribution in [2.45, 2.75) is 52.1 Å². The number of hydrogen-bond donors (Lipinski definition) is 1. The lowest BCUT2D eigenvalue weighted by molar-refractivity contribution is 0.0433. The van der Waals surface area contributed by atoms with Gasteiger partial charge in [0.25, 0.3) is 0 Å². The van der Waals surface area contributed by atoms with E-state index in [1.54, 1.807) is 0 Å². The summed E-state index contributed by atoms with van der Waals surface area (Å²) in [4.78, 5) is 0. The molecule has 0 aliphatic heterocycles. The molecule has 0 heterocycles. The standard InChI is InChI=1S/C15H22O/c1-11-4-5-12(2)14(10-11)15(3,16)9-8-13-6-7-13/h4-5,10,13,16H,6-9H2,1-3H3. The second-order valence-corrected chi connectivity index (χ2v) is 5.57. The first-order valence-corrected chi connectivity index (χ1v) is 6.29. The van der Waals surface area contributed by atoms with Crippen LogP contribution >= 0.6 is 0 Å². The van der Waals surface area contributed by atoms with Gasteiger partial charge >= 0.3 is 0 Å². The molecule has 0 saturated heterocycles. The zero-order valence-corrected chi connectivity index (χ0v) is 10.6. The lowest BCUT2D eigenvalue weighted by Gasteiger charge is -2.26. The molecule has 1 aliphatic carbocycles. The molecule has 1 N–H and O–H groups in total. The Balaban J connectivity index is 2.15. The van der Waals surface area contributed by atoms with Crippen molar-refractivity contribution < 1.29 is 5.11 Å². The summed E-state index contributed by atoms with van der Waals surface area (Å²) in [7, 11) is 0. The normalized spacial score (nSPS) is 19.5. The highest BCUT2D eigenvalue weighted by Gasteiger charge is 2.29. The first kappa shape index (κ1) is 11.7. The van der Waals surface area contributed by atoms with Gasteiger partial charge in [-0.1, -0.05) is 36.6 Å². The van der Waals surface area contributed by atoms with E-state index in [2.05, 4.69) is 32.0 Å². The number of rotatable bonds is 4. The van der Waals surface area contributed by atoms with Crippen LogP contribution in [0.2, 0.25) is 0 Å². The molecule has 1 aromatic carbocycles. The van der Waals surface area contributed by atoms with Crippen LogP contribution < -0.4 is 0 Å². The van der Waals surface area contributed by atoms with Crippen LogP contribution in [0.5, 0.6) is 0 Å². The van der Waals surface area contributed by atoms with Crippen molar-refractivity contribution >= 4 is 0 Å². The van der Waals surface area contributed by atoms with Crippen molar-refractivity contribution in [1.29, 1.82) is 0 Å². The van der Waals surface area contributed by atoms with Crippen molar-refractivity contribution in [2.75, 3.05) is 0 Å². The van der Waals surface area contributed by atoms with E-state index in [1.807, 2.05) is 6.92 Å². The van der Waals surface area contributed by atoms with Gasteiger partial charge in [-0.15, -0.1) is 0 Å². The van der Waals surface area contributed by atoms with E-state index in [0.717, 1.165) is 17.9 Å². The number of aryl methyl sites for hydroxylation is 2. The molecule has 1 fully saturated rings. The van der Waals surface area contributed by atoms with E-state index in [0.29, 0.717) is 0 Å². The first-order chi connectivity index (χ1) is 7.49. The fourth-order valence-corrected chi connectivity index (χ4v) is 2.34. The molecule has 0 bridgehead atoms. The summed E-state index contributed by atoms with van der Waals surface area (Å²) >= 11 is 0. The number of benzene rings is 1. The Morgan fingerprint density at radius 2 is 2.00 bits per heavy atom. The Kier molecular flexibility index (Phi) is 3.07. The van der Waals surface area contributed by atoms with Crippen LogP contribution in [0.4, 0.5) is 0 Å². The predicted octanol–water partition coefficient (Wildman–Crippen LogP) is 3.70. The maximum absolute atomic E-state index is 10.6. The maximum atomic E-state index is 10.6. The summed E-state index contributed by atoms with van der Waals surface area (Å²) in [5.74, 6) is 0.886. The topological polar surface area (TPSA) is 20.2 Å². The molecule has 1 aromatic rings. The minimum Gasteiger partial charge on any atom is -0.385 e. The van der Waals surface area contributed by atoms with E-state index < -0.39 is 5.60 Å². The first-order valence-electron chi connectivity index (χ1n) is 6.29. The monoisotopic (exact) mass is 218 g/mol. The molecule has 88 valence electrons. The van der Waals surface area contributed by atoms with Crippen LogP contribution in [0.25, 0.3) is 0 Å². The van der Waals surface area contributed by atoms with Gasteiger partial charge < -0.3 is 5.11 Å². The van der Waals surface area contributed by atoms with Crippen molar-refractivity contribution in [3.8, 4) is 0 Å². The van der Waals surface area contributed by atoms with Crippen molar-refractivity contribution in [1.82, 2.24) is 0 Å². The van der Waals surface area contributed by atoms with Crippen LogP contribution in [0, 0.1) is 19.8 Å². The summed E-state index contributed by atoms with van der Waals surface area (Å²) in [6.45, 7) is 6.12. The van der Waals surface area contributed by atoms with E-state index in [4.69, 9.17) is 0 Å². The van der Waals surface area contributed by atoms with Gasteiger partial charge in [-0.25, -0.2) is 0 Å². The third-order valence-electron chi connectivity index (χ3n) is 3.71. The fraction of sp³-hybridized carbons (Fsp3) is 0.600. The molecule has 1 unspecified atom stereocenters. The van der Waals surface area contributed by atoms with Crippen molar-refractivity contribution in [2.24, 2.45) is 5.92 Å². The van der Waals surface area contributed by atoms with Crippen LogP contribution in [-0.4, -0.2) is 5.11 Å². The lowest BCUT2D eigenvalue weighted by Crippen LogP contribution is -2.22. The smallest absolute Gasteiger partial charge is 0.0871 e. The molecule has 1 nitrogen and oxygen atoms in total. The summed E-state index contributed by atoms with van der Waals surface area (Å²) in [6, 6.07) is 6.34. The highest BCUT2D eigenvalue weighted by atomic mass is 16.3. The molecular formula is C15H22O. The Bertz CT molecular complexity index is 375. The third kappa shape index (κ3) is 2.65. The van der Waals surface area contributed by atoms with Crippen LogP contribution in [0.3, 0.4) is 0 Å². The molecular weight excluding hydrogens is 196 g/mol. The summed E-state index contributed by atoms with van der Waals surface area (Å²) < 4.78 is 0. The predicted molar refractivity (Wildman–Crippen MR) is 67.4 cm³/mol. The minimum atomic E-state index is -0.654. The van der Waals surface area contributed by atoms with Crippen LogP contribution in [0.15, 0.2) is 18.2 Å². The van der Waals surface area contributed by atoms with Gasteiger partial charge in [0.1, 0.15) is 0 Å². The molecule has 2 rings (SSSR count). The van der Waals surface area contributed by atoms with Crippen LogP contribution in [-0.2, 0) is 5.60 Å². The van der Waals surface area contributed by atoms with Gasteiger partial charge in [-0.2, -0.15) is 0 Å². The Labute approximate surface area is 98.5 Å². The van der Waals surface area contributed by atoms with Gasteiger partial charge in [0.15, 0.2) is 0 Å². The Morgan fingerprint density at radius 1 is 1.31 bits per heavy atom. The number of hydrogen-bond acceptors (Lipinski definition) is 1. The van der Waals surface area contributed by atoms with E-state index in [-0.39, 0.29) is 0 Å². The molecule has 0 radical (unpaired) electrons. The Hall–Kier alpha value is -0.820. The number of aliphatic hydroxyl groups is 1. The zero-order valence-electron chi connectivity index (χ0n) is 10.6. The van der Waals surface area contributed by atoms with E-state index in [9.17, 15) is 5.11 Å². The minimum absolute atomic E-state index is 0.654. The maximum Gasteiger partial charge on any atom is 0.0871 e. The van der Waals surface area contributed by atoms with E-state index >= 15 is 0 Å². The van der Waals surface area contributed by atoms with Gasteiger partial charge in [0.2, 0.25) is 0 Å². The largest absolute Gasteiger partial charge is 0.385 e. The molecule has 1 heteroatoms. The third-order valence-corrected chi connectivity index (χ3v) is 3.71. The molecule has 1 saturated carbocycles. The average molecular weight is 218 g/mol. The second kappa shape index (κ2) is 4.21. The molecule has 0 amide bonds. The van der Waals surface area contributed by atoms with Gasteiger partial charge in [-0.3, -0.25) is 0 Å². The molecule has 0 spiro atoms. The summed E-state index contributed by atoms with van der Waals surface area (Å²) in [5.41, 5.74) is 2.88. The fourth-order valence-electron chi connectivity index (χ4n) is 2.34. The zero-order chi connectivity index (χ0) is 11.8. The summed E-state index contributed by atoms with van der Waals surface area (Å²) in [6.07, 6.45) is 4.79.